The molecule has 0 atom stereocenters. The van der Waals surface area contributed by atoms with E-state index < -0.39 is 7.92 Å². The van der Waals surface area contributed by atoms with Gasteiger partial charge in [0.2, 0.25) is 0 Å². The second-order valence-electron chi connectivity index (χ2n) is 12.4. The third-order valence-electron chi connectivity index (χ3n) is 7.40. The van der Waals surface area contributed by atoms with Crippen LogP contribution in [-0.4, -0.2) is 10.3 Å². The van der Waals surface area contributed by atoms with Crippen molar-refractivity contribution >= 4 is 26.5 Å². The minimum atomic E-state index is -0.540. The molecule has 0 saturated carbocycles. The molecule has 0 fully saturated rings. The first-order chi connectivity index (χ1) is 17.9. The number of hydrogen-bond acceptors (Lipinski definition) is 0. The molecule has 4 rings (SSSR count). The molecule has 38 heavy (non-hydrogen) atoms. The molecule has 0 spiro atoms. The molecule has 4 aromatic carbocycles. The maximum Gasteiger partial charge on any atom is 0.00107 e. The first-order valence-corrected chi connectivity index (χ1v) is 16.8. The Hall–Kier alpha value is -2.26. The molecule has 0 heterocycles. The van der Waals surface area contributed by atoms with Crippen molar-refractivity contribution in [2.75, 3.05) is 0 Å². The van der Waals surface area contributed by atoms with Crippen LogP contribution in [0.5, 0.6) is 0 Å². The Morgan fingerprint density at radius 3 is 1.50 bits per heavy atom. The monoisotopic (exact) mass is 538 g/mol. The van der Waals surface area contributed by atoms with Crippen LogP contribution >= 0.6 is 15.8 Å². The quantitative estimate of drug-likeness (QED) is 0.205. The van der Waals surface area contributed by atoms with E-state index in [-0.39, 0.29) is 7.92 Å². The largest absolute Gasteiger partial charge is 0.0911 e. The van der Waals surface area contributed by atoms with Crippen molar-refractivity contribution in [2.24, 2.45) is 0 Å². The lowest BCUT2D eigenvalue weighted by atomic mass is 10.0. The molecule has 0 amide bonds. The van der Waals surface area contributed by atoms with Crippen molar-refractivity contribution in [3.8, 4) is 11.1 Å². The van der Waals surface area contributed by atoms with Gasteiger partial charge in [-0.25, -0.2) is 0 Å². The van der Waals surface area contributed by atoms with Gasteiger partial charge in [0, 0.05) is 6.16 Å². The van der Waals surface area contributed by atoms with Crippen LogP contribution in [0.4, 0.5) is 0 Å². The van der Waals surface area contributed by atoms with Crippen LogP contribution in [0.15, 0.2) is 97.1 Å². The van der Waals surface area contributed by atoms with Gasteiger partial charge in [0.05, 0.1) is 0 Å². The SMILES string of the molecule is Cc1ccccc1P(Cc1cc(-c2ccccc2)ccc1CP(C(C)(C)C)C(C)(C)C)c1ccccc1C. The lowest BCUT2D eigenvalue weighted by Crippen LogP contribution is -2.26. The molecule has 4 aromatic rings. The van der Waals surface area contributed by atoms with Crippen molar-refractivity contribution in [1.29, 1.82) is 0 Å². The fraction of sp³-hybridized carbons (Fsp3) is 0.333. The molecule has 198 valence electrons. The van der Waals surface area contributed by atoms with Crippen molar-refractivity contribution in [3.05, 3.63) is 119 Å². The van der Waals surface area contributed by atoms with E-state index in [1.54, 1.807) is 0 Å². The van der Waals surface area contributed by atoms with E-state index >= 15 is 0 Å². The molecule has 0 nitrogen and oxygen atoms in total. The summed E-state index contributed by atoms with van der Waals surface area (Å²) >= 11 is 0. The van der Waals surface area contributed by atoms with E-state index in [2.05, 4.69) is 152 Å². The highest BCUT2D eigenvalue weighted by Gasteiger charge is 2.34. The summed E-state index contributed by atoms with van der Waals surface area (Å²) in [4.78, 5) is 0. The lowest BCUT2D eigenvalue weighted by Gasteiger charge is -2.42. The normalized spacial score (nSPS) is 12.4. The molecule has 0 radical (unpaired) electrons. The molecule has 0 N–H and O–H groups in total. The van der Waals surface area contributed by atoms with Crippen molar-refractivity contribution < 1.29 is 0 Å². The summed E-state index contributed by atoms with van der Waals surface area (Å²) in [5, 5.41) is 3.59. The molecular formula is C36H44P2. The molecule has 0 unspecified atom stereocenters. The van der Waals surface area contributed by atoms with Gasteiger partial charge in [-0.15, -0.1) is 0 Å². The van der Waals surface area contributed by atoms with E-state index in [0.29, 0.717) is 10.3 Å². The van der Waals surface area contributed by atoms with E-state index in [4.69, 9.17) is 0 Å². The van der Waals surface area contributed by atoms with Gasteiger partial charge >= 0.3 is 0 Å². The summed E-state index contributed by atoms with van der Waals surface area (Å²) in [6, 6.07) is 36.3. The van der Waals surface area contributed by atoms with Gasteiger partial charge in [-0.3, -0.25) is 0 Å². The highest BCUT2D eigenvalue weighted by molar-refractivity contribution is 7.72. The summed E-state index contributed by atoms with van der Waals surface area (Å²) in [5.41, 5.74) is 8.47. The first kappa shape index (κ1) is 28.7. The maximum atomic E-state index is 2.51. The van der Waals surface area contributed by atoms with Crippen LogP contribution in [0.25, 0.3) is 11.1 Å². The number of hydrogen-bond donors (Lipinski definition) is 0. The average molecular weight is 539 g/mol. The van der Waals surface area contributed by atoms with Gasteiger partial charge < -0.3 is 0 Å². The molecule has 0 aliphatic carbocycles. The van der Waals surface area contributed by atoms with Gasteiger partial charge in [0.1, 0.15) is 0 Å². The zero-order valence-corrected chi connectivity index (χ0v) is 26.3. The molecule has 0 aliphatic rings. The van der Waals surface area contributed by atoms with Crippen molar-refractivity contribution in [2.45, 2.75) is 78.0 Å². The second kappa shape index (κ2) is 11.9. The third-order valence-corrected chi connectivity index (χ3v) is 14.1. The smallest absolute Gasteiger partial charge is 0.00107 e. The maximum absolute atomic E-state index is 2.51. The van der Waals surface area contributed by atoms with Gasteiger partial charge in [-0.05, 0) is 82.2 Å². The van der Waals surface area contributed by atoms with Crippen LogP contribution in [-0.2, 0) is 12.3 Å². The first-order valence-electron chi connectivity index (χ1n) is 13.8. The Kier molecular flexibility index (Phi) is 8.97. The Morgan fingerprint density at radius 1 is 0.500 bits per heavy atom. The molecule has 0 aliphatic heterocycles. The van der Waals surface area contributed by atoms with Gasteiger partial charge in [0.15, 0.2) is 0 Å². The lowest BCUT2D eigenvalue weighted by molar-refractivity contribution is 0.702. The predicted octanol–water partition coefficient (Wildman–Crippen LogP) is 10.2. The summed E-state index contributed by atoms with van der Waals surface area (Å²) in [7, 11) is -0.778. The molecule has 0 aromatic heterocycles. The van der Waals surface area contributed by atoms with Crippen molar-refractivity contribution in [1.82, 2.24) is 0 Å². The topological polar surface area (TPSA) is 0 Å². The number of aryl methyl sites for hydroxylation is 2. The van der Waals surface area contributed by atoms with E-state index in [1.165, 1.54) is 44.0 Å². The Bertz CT molecular complexity index is 1300. The minimum Gasteiger partial charge on any atom is -0.0911 e. The minimum absolute atomic E-state index is 0.238. The summed E-state index contributed by atoms with van der Waals surface area (Å²) in [6.45, 7) is 19.2. The highest BCUT2D eigenvalue weighted by atomic mass is 31.1. The molecule has 0 saturated heterocycles. The van der Waals surface area contributed by atoms with Crippen molar-refractivity contribution in [3.63, 3.8) is 0 Å². The van der Waals surface area contributed by atoms with E-state index in [1.807, 2.05) is 0 Å². The van der Waals surface area contributed by atoms with Crippen LogP contribution in [0.1, 0.15) is 63.8 Å². The van der Waals surface area contributed by atoms with E-state index in [0.717, 1.165) is 12.3 Å². The standard InChI is InChI=1S/C36H44P2/c1-27-16-12-14-20-33(27)37(34-21-15-13-17-28(34)2)25-32-24-30(29-18-10-9-11-19-29)22-23-31(32)26-38(35(3,4)5)36(6,7)8/h9-24H,25-26H2,1-8H3. The highest BCUT2D eigenvalue weighted by Crippen LogP contribution is 2.61. The third kappa shape index (κ3) is 6.84. The summed E-state index contributed by atoms with van der Waals surface area (Å²) in [6.07, 6.45) is 2.23. The Morgan fingerprint density at radius 2 is 1.00 bits per heavy atom. The molecular weight excluding hydrogens is 494 g/mol. The van der Waals surface area contributed by atoms with Crippen LogP contribution in [0, 0.1) is 13.8 Å². The molecule has 0 bridgehead atoms. The zero-order valence-electron chi connectivity index (χ0n) is 24.5. The van der Waals surface area contributed by atoms with Gasteiger partial charge in [-0.2, -0.15) is 0 Å². The summed E-state index contributed by atoms with van der Waals surface area (Å²) in [5.74, 6) is 0. The van der Waals surface area contributed by atoms with E-state index in [9.17, 15) is 0 Å². The van der Waals surface area contributed by atoms with Crippen LogP contribution in [0.2, 0.25) is 0 Å². The predicted molar refractivity (Wildman–Crippen MR) is 174 cm³/mol. The second-order valence-corrected chi connectivity index (χ2v) is 18.4. The van der Waals surface area contributed by atoms with Gasteiger partial charge in [0.25, 0.3) is 0 Å². The van der Waals surface area contributed by atoms with Gasteiger partial charge in [-0.1, -0.05) is 147 Å². The Labute approximate surface area is 234 Å². The number of benzene rings is 4. The average Bonchev–Trinajstić information content (AvgIpc) is 2.86. The fourth-order valence-electron chi connectivity index (χ4n) is 5.59. The fourth-order valence-corrected chi connectivity index (χ4v) is 12.0. The molecule has 2 heteroatoms. The zero-order chi connectivity index (χ0) is 27.5. The van der Waals surface area contributed by atoms with Crippen LogP contribution in [0.3, 0.4) is 0 Å². The number of rotatable bonds is 7. The van der Waals surface area contributed by atoms with Crippen LogP contribution < -0.4 is 10.6 Å². The summed E-state index contributed by atoms with van der Waals surface area (Å²) < 4.78 is 0. The Balaban J connectivity index is 1.87.